The first-order valence-electron chi connectivity index (χ1n) is 2.49. The lowest BCUT2D eigenvalue weighted by Gasteiger charge is -2.01. The van der Waals surface area contributed by atoms with Gasteiger partial charge in [0.2, 0.25) is 0 Å². The van der Waals surface area contributed by atoms with Crippen LogP contribution in [0.3, 0.4) is 0 Å². The third-order valence-electron chi connectivity index (χ3n) is 0.595. The topological polar surface area (TPSA) is 26.3 Å². The zero-order valence-corrected chi connectivity index (χ0v) is 7.35. The summed E-state index contributed by atoms with van der Waals surface area (Å²) in [5, 5.41) is 0. The molecule has 5 heteroatoms. The summed E-state index contributed by atoms with van der Waals surface area (Å²) in [6.45, 7) is 1.29. The molecule has 0 aliphatic heterocycles. The van der Waals surface area contributed by atoms with E-state index in [1.807, 2.05) is 0 Å². The zero-order chi connectivity index (χ0) is 7.98. The smallest absolute Gasteiger partial charge is 0.303 e. The van der Waals surface area contributed by atoms with Crippen LogP contribution in [0.2, 0.25) is 0 Å². The Morgan fingerprint density at radius 2 is 2.30 bits per heavy atom. The summed E-state index contributed by atoms with van der Waals surface area (Å²) in [7, 11) is 0. The molecule has 59 valence electrons. The fraction of sp³-hybridized carbons (Fsp3) is 0.600. The van der Waals surface area contributed by atoms with Gasteiger partial charge in [0, 0.05) is 6.92 Å². The molecule has 0 atom stereocenters. The van der Waals surface area contributed by atoms with Gasteiger partial charge < -0.3 is 4.74 Å². The summed E-state index contributed by atoms with van der Waals surface area (Å²) >= 11 is 1.87. The largest absolute Gasteiger partial charge is 0.455 e. The number of rotatable bonds is 4. The standard InChI is InChI=1S/C5H8FO2S2/c1-4(7)8-3-10-5(6)9-2/h3H2,1-2H3. The van der Waals surface area contributed by atoms with E-state index in [1.54, 1.807) is 6.26 Å². The van der Waals surface area contributed by atoms with E-state index >= 15 is 0 Å². The van der Waals surface area contributed by atoms with Crippen LogP contribution in [0.25, 0.3) is 0 Å². The van der Waals surface area contributed by atoms with Gasteiger partial charge in [-0.2, -0.15) is 0 Å². The molecule has 0 fully saturated rings. The maximum absolute atomic E-state index is 12.2. The molecule has 0 rings (SSSR count). The number of carbonyl (C=O) groups is 1. The Balaban J connectivity index is 3.11. The zero-order valence-electron chi connectivity index (χ0n) is 5.72. The molecule has 0 heterocycles. The Kier molecular flexibility index (Phi) is 5.91. The minimum atomic E-state index is -0.388. The molecule has 0 saturated heterocycles. The van der Waals surface area contributed by atoms with Gasteiger partial charge in [0.15, 0.2) is 0 Å². The normalized spacial score (nSPS) is 10.0. The van der Waals surface area contributed by atoms with E-state index < -0.39 is 0 Å². The SMILES string of the molecule is CS[C](F)SCOC(C)=O. The monoisotopic (exact) mass is 183 g/mol. The number of halogens is 1. The maximum atomic E-state index is 12.2. The molecule has 0 aromatic rings. The van der Waals surface area contributed by atoms with E-state index in [0.29, 0.717) is 0 Å². The lowest BCUT2D eigenvalue weighted by atomic mass is 10.8. The molecule has 0 N–H and O–H groups in total. The second kappa shape index (κ2) is 5.85. The van der Waals surface area contributed by atoms with E-state index in [0.717, 1.165) is 23.5 Å². The fourth-order valence-corrected chi connectivity index (χ4v) is 1.15. The van der Waals surface area contributed by atoms with Crippen molar-refractivity contribution in [3.63, 3.8) is 0 Å². The van der Waals surface area contributed by atoms with Gasteiger partial charge in [0.1, 0.15) is 5.94 Å². The van der Waals surface area contributed by atoms with Crippen LogP contribution in [0.1, 0.15) is 6.92 Å². The molecule has 0 aliphatic rings. The Bertz CT molecular complexity index is 110. The van der Waals surface area contributed by atoms with Crippen molar-refractivity contribution < 1.29 is 13.9 Å². The van der Waals surface area contributed by atoms with Crippen LogP contribution in [0.4, 0.5) is 4.39 Å². The van der Waals surface area contributed by atoms with E-state index in [9.17, 15) is 9.18 Å². The van der Waals surface area contributed by atoms with Crippen molar-refractivity contribution in [3.05, 3.63) is 4.84 Å². The van der Waals surface area contributed by atoms with Crippen LogP contribution in [0.5, 0.6) is 0 Å². The van der Waals surface area contributed by atoms with E-state index in [2.05, 4.69) is 4.74 Å². The minimum absolute atomic E-state index is 0.0575. The van der Waals surface area contributed by atoms with Crippen molar-refractivity contribution in [3.8, 4) is 0 Å². The predicted molar refractivity (Wildman–Crippen MR) is 42.1 cm³/mol. The number of ether oxygens (including phenoxy) is 1. The number of hydrogen-bond acceptors (Lipinski definition) is 4. The van der Waals surface area contributed by atoms with E-state index in [4.69, 9.17) is 0 Å². The molecular formula is C5H8FO2S2. The molecule has 0 aromatic heterocycles. The lowest BCUT2D eigenvalue weighted by Crippen LogP contribution is -1.97. The molecule has 2 nitrogen and oxygen atoms in total. The highest BCUT2D eigenvalue weighted by Gasteiger charge is 2.06. The molecule has 0 bridgehead atoms. The average Bonchev–Trinajstić information content (AvgIpc) is 1.87. The molecule has 0 spiro atoms. The average molecular weight is 183 g/mol. The first kappa shape index (κ1) is 10.1. The van der Waals surface area contributed by atoms with Gasteiger partial charge in [0.25, 0.3) is 4.84 Å². The van der Waals surface area contributed by atoms with Crippen LogP contribution in [-0.2, 0) is 9.53 Å². The molecule has 10 heavy (non-hydrogen) atoms. The first-order chi connectivity index (χ1) is 4.66. The van der Waals surface area contributed by atoms with Gasteiger partial charge in [-0.25, -0.2) is 4.39 Å². The summed E-state index contributed by atoms with van der Waals surface area (Å²) < 4.78 is 16.7. The van der Waals surface area contributed by atoms with Crippen LogP contribution in [0, 0.1) is 4.84 Å². The molecule has 0 aromatic carbocycles. The van der Waals surface area contributed by atoms with Gasteiger partial charge in [-0.15, -0.1) is 11.8 Å². The van der Waals surface area contributed by atoms with Crippen LogP contribution >= 0.6 is 23.5 Å². The van der Waals surface area contributed by atoms with Crippen molar-refractivity contribution >= 4 is 29.5 Å². The van der Waals surface area contributed by atoms with Crippen molar-refractivity contribution in [2.24, 2.45) is 0 Å². The first-order valence-corrected chi connectivity index (χ1v) is 4.70. The lowest BCUT2D eigenvalue weighted by molar-refractivity contribution is -0.138. The number of thioether (sulfide) groups is 2. The van der Waals surface area contributed by atoms with Crippen molar-refractivity contribution in [2.75, 3.05) is 12.2 Å². The third kappa shape index (κ3) is 6.22. The quantitative estimate of drug-likeness (QED) is 0.492. The van der Waals surface area contributed by atoms with Gasteiger partial charge in [-0.05, 0) is 6.26 Å². The Hall–Kier alpha value is 0.1000. The maximum Gasteiger partial charge on any atom is 0.303 e. The molecule has 0 unspecified atom stereocenters. The van der Waals surface area contributed by atoms with Crippen LogP contribution < -0.4 is 0 Å². The summed E-state index contributed by atoms with van der Waals surface area (Å²) in [5.74, 6) is -0.330. The molecule has 0 amide bonds. The Morgan fingerprint density at radius 3 is 2.70 bits per heavy atom. The predicted octanol–water partition coefficient (Wildman–Crippen LogP) is 2.02. The van der Waals surface area contributed by atoms with E-state index in [-0.39, 0.29) is 16.7 Å². The Labute approximate surface area is 67.9 Å². The second-order valence-electron chi connectivity index (χ2n) is 1.34. The summed E-state index contributed by atoms with van der Waals surface area (Å²) in [5.41, 5.74) is 0. The highest BCUT2D eigenvalue weighted by Crippen LogP contribution is 2.30. The van der Waals surface area contributed by atoms with Crippen molar-refractivity contribution in [1.82, 2.24) is 0 Å². The van der Waals surface area contributed by atoms with Crippen LogP contribution in [0.15, 0.2) is 0 Å². The number of hydrogen-bond donors (Lipinski definition) is 0. The number of carbonyl (C=O) groups excluding carboxylic acids is 1. The summed E-state index contributed by atoms with van der Waals surface area (Å²) in [6.07, 6.45) is 1.62. The van der Waals surface area contributed by atoms with Crippen molar-refractivity contribution in [2.45, 2.75) is 6.92 Å². The Morgan fingerprint density at radius 1 is 1.70 bits per heavy atom. The molecule has 0 aliphatic carbocycles. The van der Waals surface area contributed by atoms with Gasteiger partial charge in [-0.3, -0.25) is 4.79 Å². The van der Waals surface area contributed by atoms with Gasteiger partial charge in [0.05, 0.1) is 0 Å². The third-order valence-corrected chi connectivity index (χ3v) is 2.23. The van der Waals surface area contributed by atoms with Gasteiger partial charge >= 0.3 is 5.97 Å². The second-order valence-corrected chi connectivity index (χ2v) is 3.25. The number of esters is 1. The summed E-state index contributed by atoms with van der Waals surface area (Å²) in [4.78, 5) is 9.85. The van der Waals surface area contributed by atoms with Gasteiger partial charge in [-0.1, -0.05) is 11.8 Å². The molecule has 0 saturated carbocycles. The van der Waals surface area contributed by atoms with E-state index in [1.165, 1.54) is 6.92 Å². The fourth-order valence-electron chi connectivity index (χ4n) is 0.218. The highest BCUT2D eigenvalue weighted by molar-refractivity contribution is 8.19. The van der Waals surface area contributed by atoms with Crippen molar-refractivity contribution in [1.29, 1.82) is 0 Å². The highest BCUT2D eigenvalue weighted by atomic mass is 32.2. The molecule has 1 radical (unpaired) electrons. The molecular weight excluding hydrogens is 175 g/mol. The van der Waals surface area contributed by atoms with Crippen LogP contribution in [-0.4, -0.2) is 18.2 Å². The summed E-state index contributed by atoms with van der Waals surface area (Å²) in [6, 6.07) is 0. The minimum Gasteiger partial charge on any atom is -0.455 e.